The molecular weight excluding hydrogens is 921 g/mol. The number of benzene rings is 2. The third-order valence-electron chi connectivity index (χ3n) is 11.1. The van der Waals surface area contributed by atoms with Crippen LogP contribution in [-0.4, -0.2) is 129 Å². The van der Waals surface area contributed by atoms with Crippen LogP contribution in [0.4, 0.5) is 0 Å². The van der Waals surface area contributed by atoms with Gasteiger partial charge in [0, 0.05) is 44.1 Å². The van der Waals surface area contributed by atoms with E-state index in [4.69, 9.17) is 28.7 Å². The summed E-state index contributed by atoms with van der Waals surface area (Å²) in [5.41, 5.74) is 29.9. The zero-order valence-corrected chi connectivity index (χ0v) is 40.1. The number of nitrogens with two attached hydrogens (primary N) is 5. The predicted molar refractivity (Wildman–Crippen MR) is 262 cm³/mol. The first-order chi connectivity index (χ1) is 33.8. The van der Waals surface area contributed by atoms with E-state index in [2.05, 4.69) is 46.9 Å². The highest BCUT2D eigenvalue weighted by Crippen LogP contribution is 2.14. The summed E-state index contributed by atoms with van der Waals surface area (Å²) in [7, 11) is 0. The van der Waals surface area contributed by atoms with Crippen LogP contribution >= 0.6 is 0 Å². The van der Waals surface area contributed by atoms with Crippen molar-refractivity contribution in [3.05, 3.63) is 83.9 Å². The smallest absolute Gasteiger partial charge is 0.303 e. The molecule has 7 unspecified atom stereocenters. The van der Waals surface area contributed by atoms with Gasteiger partial charge in [0.15, 0.2) is 5.96 Å². The van der Waals surface area contributed by atoms with Crippen molar-refractivity contribution in [3.63, 3.8) is 0 Å². The van der Waals surface area contributed by atoms with Crippen molar-refractivity contribution in [1.82, 2.24) is 41.9 Å². The molecule has 1 aromatic heterocycles. The number of carbonyl (C=O) groups excluding carboxylic acids is 7. The fourth-order valence-electron chi connectivity index (χ4n) is 7.27. The standard InChI is InChI=1S/C47H70N14O10/c1-27(2)21-36(44(69)56-33(12-8-20-54-47(51)52)42(67)58-35(40(50)65)22-28-9-4-3-5-10-28)60-45(70)37(23-29-13-15-31(62)16-14-29)61-43(68)34(17-18-39(63)64)57-46(71)38(24-30-25-53-26-55-30)59-41(66)32(49)11-6-7-19-48/h3-5,9-10,13-16,25-27,32-38,62H,6-8,11-12,17-24,48-49H2,1-2H3,(H2,50,65)(H,53,55)(H,56,69)(H,57,71)(H,58,67)(H,59,66)(H,60,70)(H,61,68)(H,63,64)(H4,51,52,54). The molecule has 1 heterocycles. The highest BCUT2D eigenvalue weighted by atomic mass is 16.4. The summed E-state index contributed by atoms with van der Waals surface area (Å²) in [5.74, 6) is -7.55. The van der Waals surface area contributed by atoms with Gasteiger partial charge in [0.1, 0.15) is 42.0 Å². The summed E-state index contributed by atoms with van der Waals surface area (Å²) in [4.78, 5) is 119. The number of guanidine groups is 1. The molecule has 0 saturated carbocycles. The third-order valence-corrected chi connectivity index (χ3v) is 11.1. The molecule has 0 aliphatic heterocycles. The Morgan fingerprint density at radius 1 is 0.634 bits per heavy atom. The zero-order valence-electron chi connectivity index (χ0n) is 40.1. The summed E-state index contributed by atoms with van der Waals surface area (Å²) in [6.45, 7) is 4.06. The minimum Gasteiger partial charge on any atom is -0.508 e. The first-order valence-electron chi connectivity index (χ1n) is 23.4. The van der Waals surface area contributed by atoms with Crippen molar-refractivity contribution >= 4 is 53.3 Å². The van der Waals surface area contributed by atoms with Gasteiger partial charge in [-0.1, -0.05) is 62.7 Å². The average Bonchev–Trinajstić information content (AvgIpc) is 3.84. The van der Waals surface area contributed by atoms with Crippen LogP contribution in [0.3, 0.4) is 0 Å². The summed E-state index contributed by atoms with van der Waals surface area (Å²) < 4.78 is 0. The number of nitrogens with one attached hydrogen (secondary N) is 7. The highest BCUT2D eigenvalue weighted by Gasteiger charge is 2.34. The van der Waals surface area contributed by atoms with Gasteiger partial charge in [0.05, 0.1) is 12.4 Å². The van der Waals surface area contributed by atoms with E-state index in [0.717, 1.165) is 0 Å². The maximum Gasteiger partial charge on any atom is 0.303 e. The number of rotatable bonds is 32. The van der Waals surface area contributed by atoms with Gasteiger partial charge in [0.25, 0.3) is 0 Å². The van der Waals surface area contributed by atoms with Crippen LogP contribution < -0.4 is 60.6 Å². The number of amides is 7. The molecule has 19 N–H and O–H groups in total. The van der Waals surface area contributed by atoms with Gasteiger partial charge in [-0.05, 0) is 74.2 Å². The first-order valence-corrected chi connectivity index (χ1v) is 23.4. The van der Waals surface area contributed by atoms with E-state index in [9.17, 15) is 48.6 Å². The molecule has 3 aromatic rings. The highest BCUT2D eigenvalue weighted by molar-refractivity contribution is 5.97. The Labute approximate surface area is 411 Å². The lowest BCUT2D eigenvalue weighted by molar-refractivity contribution is -0.138. The number of carboxylic acids is 1. The number of aliphatic carboxylic acids is 1. The molecule has 388 valence electrons. The van der Waals surface area contributed by atoms with Gasteiger partial charge < -0.3 is 75.8 Å². The second kappa shape index (κ2) is 30.1. The van der Waals surface area contributed by atoms with Crippen LogP contribution in [0.2, 0.25) is 0 Å². The molecule has 0 spiro atoms. The number of H-pyrrole nitrogens is 1. The van der Waals surface area contributed by atoms with Gasteiger partial charge in [-0.3, -0.25) is 43.3 Å². The van der Waals surface area contributed by atoms with E-state index in [1.54, 1.807) is 44.2 Å². The minimum atomic E-state index is -1.58. The maximum atomic E-state index is 14.4. The molecule has 0 fully saturated rings. The molecule has 0 bridgehead atoms. The Morgan fingerprint density at radius 2 is 1.15 bits per heavy atom. The largest absolute Gasteiger partial charge is 0.508 e. The number of aliphatic imine (C=N–C) groups is 1. The van der Waals surface area contributed by atoms with Crippen molar-refractivity contribution in [2.45, 2.75) is 127 Å². The number of aromatic amines is 1. The molecule has 3 rings (SSSR count). The molecule has 71 heavy (non-hydrogen) atoms. The zero-order chi connectivity index (χ0) is 52.5. The summed E-state index contributed by atoms with van der Waals surface area (Å²) >= 11 is 0. The number of carboxylic acid groups (broad SMARTS) is 1. The number of phenols is 1. The van der Waals surface area contributed by atoms with Crippen molar-refractivity contribution in [2.75, 3.05) is 13.1 Å². The molecule has 2 aromatic carbocycles. The molecular formula is C47H70N14O10. The van der Waals surface area contributed by atoms with Gasteiger partial charge in [-0.15, -0.1) is 0 Å². The van der Waals surface area contributed by atoms with Gasteiger partial charge in [-0.25, -0.2) is 4.98 Å². The van der Waals surface area contributed by atoms with E-state index in [1.807, 2.05) is 0 Å². The number of unbranched alkanes of at least 4 members (excludes halogenated alkanes) is 1. The van der Waals surface area contributed by atoms with Crippen molar-refractivity contribution < 1.29 is 48.6 Å². The molecule has 0 aliphatic carbocycles. The van der Waals surface area contributed by atoms with Crippen LogP contribution in [-0.2, 0) is 57.6 Å². The van der Waals surface area contributed by atoms with Gasteiger partial charge >= 0.3 is 5.97 Å². The maximum absolute atomic E-state index is 14.4. The number of hydrogen-bond acceptors (Lipinski definition) is 13. The number of aromatic nitrogens is 2. The monoisotopic (exact) mass is 991 g/mol. The lowest BCUT2D eigenvalue weighted by Gasteiger charge is -2.28. The van der Waals surface area contributed by atoms with Crippen LogP contribution in [0.25, 0.3) is 0 Å². The summed E-state index contributed by atoms with van der Waals surface area (Å²) in [5, 5.41) is 35.4. The Hall–Kier alpha value is -7.60. The second-order valence-corrected chi connectivity index (χ2v) is 17.5. The van der Waals surface area contributed by atoms with Gasteiger partial charge in [0.2, 0.25) is 41.4 Å². The molecule has 24 nitrogen and oxygen atoms in total. The number of nitrogens with zero attached hydrogens (tertiary/aromatic N) is 2. The van der Waals surface area contributed by atoms with Crippen LogP contribution in [0, 0.1) is 5.92 Å². The van der Waals surface area contributed by atoms with E-state index in [1.165, 1.54) is 36.8 Å². The van der Waals surface area contributed by atoms with E-state index < -0.39 is 102 Å². The third kappa shape index (κ3) is 21.7. The quantitative estimate of drug-likeness (QED) is 0.0182. The normalized spacial score (nSPS) is 14.0. The number of hydrogen-bond donors (Lipinski definition) is 14. The number of aromatic hydroxyl groups is 1. The lowest BCUT2D eigenvalue weighted by Crippen LogP contribution is -2.60. The minimum absolute atomic E-state index is 0.00940. The van der Waals surface area contributed by atoms with Crippen molar-refractivity contribution in [2.24, 2.45) is 39.6 Å². The van der Waals surface area contributed by atoms with Crippen LogP contribution in [0.5, 0.6) is 5.75 Å². The topological polar surface area (TPSA) is 420 Å². The molecule has 0 aliphatic rings. The lowest BCUT2D eigenvalue weighted by atomic mass is 9.99. The Morgan fingerprint density at radius 3 is 1.72 bits per heavy atom. The molecule has 0 saturated heterocycles. The summed E-state index contributed by atoms with van der Waals surface area (Å²) in [6.07, 6.45) is 3.15. The molecule has 7 amide bonds. The Bertz CT molecular complexity index is 2220. The van der Waals surface area contributed by atoms with Crippen LogP contribution in [0.15, 0.2) is 72.1 Å². The summed E-state index contributed by atoms with van der Waals surface area (Å²) in [6, 6.07) is 5.39. The number of phenolic OH excluding ortho intramolecular Hbond substituents is 1. The second-order valence-electron chi connectivity index (χ2n) is 17.5. The molecule has 7 atom stereocenters. The van der Waals surface area contributed by atoms with E-state index in [-0.39, 0.29) is 69.1 Å². The fraction of sp³-hybridized carbons (Fsp3) is 0.489. The molecule has 0 radical (unpaired) electrons. The van der Waals surface area contributed by atoms with Crippen LogP contribution in [0.1, 0.15) is 82.0 Å². The first kappa shape index (κ1) is 57.7. The fourth-order valence-corrected chi connectivity index (χ4v) is 7.27. The van der Waals surface area contributed by atoms with E-state index >= 15 is 0 Å². The molecule has 24 heteroatoms. The van der Waals surface area contributed by atoms with Crippen molar-refractivity contribution in [1.29, 1.82) is 0 Å². The van der Waals surface area contributed by atoms with Crippen molar-refractivity contribution in [3.8, 4) is 5.75 Å². The average molecular weight is 991 g/mol. The Kier molecular flexibility index (Phi) is 24.5. The SMILES string of the molecule is CC(C)CC(NC(=O)C(Cc1ccc(O)cc1)NC(=O)C(CCC(=O)O)NC(=O)C(Cc1cnc[nH]1)NC(=O)C(N)CCCCN)C(=O)NC(CCCN=C(N)N)C(=O)NC(Cc1ccccc1)C(N)=O. The predicted octanol–water partition coefficient (Wildman–Crippen LogP) is -2.04. The van der Waals surface area contributed by atoms with Gasteiger partial charge in [-0.2, -0.15) is 0 Å². The van der Waals surface area contributed by atoms with E-state index in [0.29, 0.717) is 36.2 Å². The number of carbonyl (C=O) groups is 8. The number of imidazole rings is 1. The number of primary amides is 1. The Balaban J connectivity index is 1.94.